The molecule has 0 aliphatic heterocycles. The Kier molecular flexibility index (Phi) is 6.75. The van der Waals surface area contributed by atoms with E-state index in [9.17, 15) is 10.2 Å². The average Bonchev–Trinajstić information content (AvgIpc) is 2.26. The van der Waals surface area contributed by atoms with E-state index in [0.29, 0.717) is 12.1 Å². The molecule has 0 aromatic carbocycles. The fourth-order valence-electron chi connectivity index (χ4n) is 1.90. The maximum Gasteiger partial charge on any atom is 0.153 e. The molecule has 0 saturated heterocycles. The Hall–Kier alpha value is -0.580. The van der Waals surface area contributed by atoms with Crippen molar-refractivity contribution in [3.05, 3.63) is 12.3 Å². The molecule has 4 nitrogen and oxygen atoms in total. The Morgan fingerprint density at radius 1 is 1.53 bits per heavy atom. The lowest BCUT2D eigenvalue weighted by Crippen LogP contribution is -2.49. The van der Waals surface area contributed by atoms with Crippen LogP contribution in [-0.2, 0) is 0 Å². The molecule has 17 heavy (non-hydrogen) atoms. The molecule has 102 valence electrons. The largest absolute Gasteiger partial charge is 0.393 e. The van der Waals surface area contributed by atoms with Crippen molar-refractivity contribution in [3.63, 3.8) is 0 Å². The van der Waals surface area contributed by atoms with E-state index in [1.165, 1.54) is 0 Å². The number of nitrogens with one attached hydrogen (secondary N) is 1. The van der Waals surface area contributed by atoms with Crippen LogP contribution in [0.3, 0.4) is 0 Å². The normalized spacial score (nSPS) is 18.3. The van der Waals surface area contributed by atoms with Gasteiger partial charge in [0.2, 0.25) is 0 Å². The Morgan fingerprint density at radius 2 is 2.06 bits per heavy atom. The molecule has 0 fully saturated rings. The highest BCUT2D eigenvalue weighted by Crippen LogP contribution is 2.21. The summed E-state index contributed by atoms with van der Waals surface area (Å²) in [5.74, 6) is 0. The average molecular weight is 244 g/mol. The van der Waals surface area contributed by atoms with E-state index in [1.807, 2.05) is 11.9 Å². The maximum atomic E-state index is 10.1. The zero-order chi connectivity index (χ0) is 13.6. The van der Waals surface area contributed by atoms with Gasteiger partial charge >= 0.3 is 0 Å². The van der Waals surface area contributed by atoms with Crippen LogP contribution in [0.25, 0.3) is 0 Å². The predicted octanol–water partition coefficient (Wildman–Crippen LogP) is 1.30. The van der Waals surface area contributed by atoms with E-state index < -0.39 is 5.72 Å². The molecular weight excluding hydrogens is 216 g/mol. The van der Waals surface area contributed by atoms with E-state index in [2.05, 4.69) is 18.8 Å². The molecule has 3 atom stereocenters. The van der Waals surface area contributed by atoms with Gasteiger partial charge in [-0.15, -0.1) is 0 Å². The van der Waals surface area contributed by atoms with E-state index in [-0.39, 0.29) is 12.1 Å². The molecule has 1 unspecified atom stereocenters. The lowest BCUT2D eigenvalue weighted by molar-refractivity contribution is 0.0290. The second-order valence-electron chi connectivity index (χ2n) is 4.91. The monoisotopic (exact) mass is 244 g/mol. The Balaban J connectivity index is 4.70. The van der Waals surface area contributed by atoms with E-state index >= 15 is 0 Å². The van der Waals surface area contributed by atoms with Gasteiger partial charge in [0.25, 0.3) is 0 Å². The summed E-state index contributed by atoms with van der Waals surface area (Å²) >= 11 is 0. The summed E-state index contributed by atoms with van der Waals surface area (Å²) < 4.78 is 0. The molecule has 3 N–H and O–H groups in total. The van der Waals surface area contributed by atoms with Crippen LogP contribution < -0.4 is 5.32 Å². The van der Waals surface area contributed by atoms with Gasteiger partial charge < -0.3 is 15.1 Å². The molecule has 0 aromatic rings. The molecule has 0 aromatic heterocycles. The van der Waals surface area contributed by atoms with E-state index in [4.69, 9.17) is 0 Å². The molecule has 0 aliphatic carbocycles. The number of rotatable bonds is 8. The first-order valence-electron chi connectivity index (χ1n) is 6.27. The van der Waals surface area contributed by atoms with Crippen molar-refractivity contribution in [2.45, 2.75) is 57.9 Å². The highest BCUT2D eigenvalue weighted by atomic mass is 16.3. The summed E-state index contributed by atoms with van der Waals surface area (Å²) in [5.41, 5.74) is -0.488. The van der Waals surface area contributed by atoms with Gasteiger partial charge in [-0.25, -0.2) is 0 Å². The minimum Gasteiger partial charge on any atom is -0.393 e. The highest BCUT2D eigenvalue weighted by Gasteiger charge is 2.28. The smallest absolute Gasteiger partial charge is 0.153 e. The summed E-state index contributed by atoms with van der Waals surface area (Å²) in [6.45, 7) is 9.52. The van der Waals surface area contributed by atoms with Crippen LogP contribution in [0.5, 0.6) is 0 Å². The molecule has 0 rings (SSSR count). The Bertz CT molecular complexity index is 240. The third-order valence-corrected chi connectivity index (χ3v) is 3.26. The van der Waals surface area contributed by atoms with Crippen LogP contribution >= 0.6 is 0 Å². The van der Waals surface area contributed by atoms with Crippen LogP contribution in [0.15, 0.2) is 12.3 Å². The Labute approximate surface area is 105 Å². The van der Waals surface area contributed by atoms with Crippen molar-refractivity contribution < 1.29 is 10.2 Å². The zero-order valence-electron chi connectivity index (χ0n) is 11.8. The van der Waals surface area contributed by atoms with Crippen LogP contribution in [-0.4, -0.2) is 47.1 Å². The van der Waals surface area contributed by atoms with Crippen LogP contribution in [0.2, 0.25) is 0 Å². The van der Waals surface area contributed by atoms with Crippen LogP contribution in [0.1, 0.15) is 40.0 Å². The van der Waals surface area contributed by atoms with Crippen molar-refractivity contribution in [1.29, 1.82) is 0 Å². The lowest BCUT2D eigenvalue weighted by atomic mass is 10.0. The second kappa shape index (κ2) is 6.99. The highest BCUT2D eigenvalue weighted by molar-refractivity contribution is 5.08. The molecule has 0 radical (unpaired) electrons. The van der Waals surface area contributed by atoms with E-state index in [1.54, 1.807) is 20.9 Å². The SMILES string of the molecule is C=C(N(C)[C@@H](CCC)C[C@H](C)O)C(C)(O)NC. The molecule has 0 aliphatic rings. The molecule has 0 amide bonds. The third kappa shape index (κ3) is 5.06. The van der Waals surface area contributed by atoms with Crippen molar-refractivity contribution in [3.8, 4) is 0 Å². The summed E-state index contributed by atoms with van der Waals surface area (Å²) in [7, 11) is 3.61. The topological polar surface area (TPSA) is 55.7 Å². The molecule has 0 bridgehead atoms. The first-order chi connectivity index (χ1) is 7.76. The summed E-state index contributed by atoms with van der Waals surface area (Å²) in [4.78, 5) is 1.96. The molecule has 0 saturated carbocycles. The van der Waals surface area contributed by atoms with Crippen molar-refractivity contribution in [1.82, 2.24) is 10.2 Å². The van der Waals surface area contributed by atoms with Crippen molar-refractivity contribution in [2.75, 3.05) is 14.1 Å². The van der Waals surface area contributed by atoms with Crippen LogP contribution in [0.4, 0.5) is 0 Å². The maximum absolute atomic E-state index is 10.1. The van der Waals surface area contributed by atoms with Crippen molar-refractivity contribution >= 4 is 0 Å². The van der Waals surface area contributed by atoms with Gasteiger partial charge in [0.05, 0.1) is 11.8 Å². The minimum atomic E-state index is -1.11. The summed E-state index contributed by atoms with van der Waals surface area (Å²) in [5, 5.41) is 22.4. The number of aliphatic hydroxyl groups is 2. The van der Waals surface area contributed by atoms with E-state index in [0.717, 1.165) is 12.8 Å². The van der Waals surface area contributed by atoms with Gasteiger partial charge in [0, 0.05) is 13.1 Å². The lowest BCUT2D eigenvalue weighted by Gasteiger charge is -2.38. The zero-order valence-corrected chi connectivity index (χ0v) is 11.8. The molecule has 4 heteroatoms. The standard InChI is InChI=1S/C13H28N2O2/c1-7-8-12(9-10(2)16)15(6)11(3)13(4,17)14-5/h10,12,14,16-17H,3,7-9H2,1-2,4-6H3/t10-,12-,13?/m0/s1. The van der Waals surface area contributed by atoms with Gasteiger partial charge in [0.1, 0.15) is 0 Å². The number of aliphatic hydroxyl groups excluding tert-OH is 1. The van der Waals surface area contributed by atoms with Gasteiger partial charge in [-0.2, -0.15) is 0 Å². The van der Waals surface area contributed by atoms with Crippen molar-refractivity contribution in [2.24, 2.45) is 0 Å². The quantitative estimate of drug-likeness (QED) is 0.563. The van der Waals surface area contributed by atoms with Gasteiger partial charge in [-0.3, -0.25) is 5.32 Å². The summed E-state index contributed by atoms with van der Waals surface area (Å²) in [6, 6.07) is 0.201. The molecular formula is C13H28N2O2. The first kappa shape index (κ1) is 16.4. The molecule has 0 heterocycles. The molecule has 0 spiro atoms. The fraction of sp³-hybridized carbons (Fsp3) is 0.846. The van der Waals surface area contributed by atoms with Gasteiger partial charge in [-0.05, 0) is 33.7 Å². The number of hydrogen-bond donors (Lipinski definition) is 3. The minimum absolute atomic E-state index is 0.201. The predicted molar refractivity (Wildman–Crippen MR) is 71.6 cm³/mol. The number of nitrogens with zero attached hydrogens (tertiary/aromatic N) is 1. The fourth-order valence-corrected chi connectivity index (χ4v) is 1.90. The Morgan fingerprint density at radius 3 is 2.41 bits per heavy atom. The first-order valence-corrected chi connectivity index (χ1v) is 6.27. The number of likely N-dealkylation sites (N-methyl/N-ethyl adjacent to an activating group) is 2. The summed E-state index contributed by atoms with van der Waals surface area (Å²) in [6.07, 6.45) is 2.35. The number of hydrogen-bond acceptors (Lipinski definition) is 4. The van der Waals surface area contributed by atoms with Crippen LogP contribution in [0, 0.1) is 0 Å². The van der Waals surface area contributed by atoms with Gasteiger partial charge in [0.15, 0.2) is 5.72 Å². The second-order valence-corrected chi connectivity index (χ2v) is 4.91. The third-order valence-electron chi connectivity index (χ3n) is 3.26. The van der Waals surface area contributed by atoms with Gasteiger partial charge in [-0.1, -0.05) is 19.9 Å².